The van der Waals surface area contributed by atoms with Gasteiger partial charge in [0.05, 0.1) is 6.26 Å². The molecule has 1 saturated heterocycles. The third-order valence-electron chi connectivity index (χ3n) is 2.98. The fourth-order valence-electron chi connectivity index (χ4n) is 2.37. The highest BCUT2D eigenvalue weighted by molar-refractivity contribution is 5.11. The van der Waals surface area contributed by atoms with Crippen LogP contribution in [0.2, 0.25) is 0 Å². The Hall–Kier alpha value is -0.760. The fraction of sp³-hybridized carbons (Fsp3) is 0.667. The van der Waals surface area contributed by atoms with Crippen molar-refractivity contribution in [2.45, 2.75) is 38.6 Å². The molecular weight excluding hydrogens is 174 g/mol. The lowest BCUT2D eigenvalue weighted by atomic mass is 9.91. The number of rotatable bonds is 3. The molecule has 2 unspecified atom stereocenters. The van der Waals surface area contributed by atoms with Gasteiger partial charge in [0.2, 0.25) is 0 Å². The molecule has 0 radical (unpaired) electrons. The Balaban J connectivity index is 2.04. The van der Waals surface area contributed by atoms with Crippen molar-refractivity contribution < 1.29 is 4.42 Å². The molecule has 0 bridgehead atoms. The molecule has 2 heteroatoms. The Morgan fingerprint density at radius 3 is 3.07 bits per heavy atom. The lowest BCUT2D eigenvalue weighted by molar-refractivity contribution is 0.385. The molecule has 0 aliphatic carbocycles. The molecule has 0 aromatic carbocycles. The van der Waals surface area contributed by atoms with Crippen molar-refractivity contribution in [3.8, 4) is 0 Å². The first-order chi connectivity index (χ1) is 6.77. The zero-order chi connectivity index (χ0) is 9.97. The average molecular weight is 193 g/mol. The van der Waals surface area contributed by atoms with Crippen molar-refractivity contribution in [1.29, 1.82) is 0 Å². The van der Waals surface area contributed by atoms with Gasteiger partial charge in [0.15, 0.2) is 0 Å². The Kier molecular flexibility index (Phi) is 2.92. The van der Waals surface area contributed by atoms with Gasteiger partial charge < -0.3 is 9.73 Å². The normalized spacial score (nSPS) is 27.4. The van der Waals surface area contributed by atoms with E-state index in [0.29, 0.717) is 12.0 Å². The fourth-order valence-corrected chi connectivity index (χ4v) is 2.37. The van der Waals surface area contributed by atoms with Crippen LogP contribution >= 0.6 is 0 Å². The second kappa shape index (κ2) is 4.18. The highest BCUT2D eigenvalue weighted by Gasteiger charge is 2.30. The highest BCUT2D eigenvalue weighted by Crippen LogP contribution is 2.31. The lowest BCUT2D eigenvalue weighted by Gasteiger charge is -2.19. The van der Waals surface area contributed by atoms with Crippen LogP contribution in [-0.4, -0.2) is 12.6 Å². The summed E-state index contributed by atoms with van der Waals surface area (Å²) in [6.45, 7) is 5.68. The van der Waals surface area contributed by atoms with E-state index in [1.165, 1.54) is 12.8 Å². The Labute approximate surface area is 85.7 Å². The van der Waals surface area contributed by atoms with Crippen LogP contribution in [0.5, 0.6) is 0 Å². The molecule has 0 spiro atoms. The van der Waals surface area contributed by atoms with Crippen LogP contribution in [0.1, 0.15) is 38.4 Å². The minimum atomic E-state index is 0.590. The van der Waals surface area contributed by atoms with E-state index in [0.717, 1.165) is 18.2 Å². The van der Waals surface area contributed by atoms with Crippen molar-refractivity contribution in [3.05, 3.63) is 24.2 Å². The maximum Gasteiger partial charge on any atom is 0.108 e. The molecule has 14 heavy (non-hydrogen) atoms. The molecule has 1 aliphatic heterocycles. The van der Waals surface area contributed by atoms with Crippen molar-refractivity contribution in [2.24, 2.45) is 5.92 Å². The molecule has 2 rings (SSSR count). The van der Waals surface area contributed by atoms with Gasteiger partial charge in [-0.2, -0.15) is 0 Å². The molecule has 2 atom stereocenters. The number of hydrogen-bond acceptors (Lipinski definition) is 2. The van der Waals surface area contributed by atoms with Crippen molar-refractivity contribution in [3.63, 3.8) is 0 Å². The number of hydrogen-bond donors (Lipinski definition) is 1. The molecule has 0 saturated carbocycles. The smallest absolute Gasteiger partial charge is 0.108 e. The maximum absolute atomic E-state index is 5.49. The Morgan fingerprint density at radius 1 is 1.57 bits per heavy atom. The second-order valence-corrected chi connectivity index (χ2v) is 4.60. The Bertz CT molecular complexity index is 266. The third-order valence-corrected chi connectivity index (χ3v) is 2.98. The molecule has 2 nitrogen and oxygen atoms in total. The second-order valence-electron chi connectivity index (χ2n) is 4.60. The molecule has 2 heterocycles. The first-order valence-corrected chi connectivity index (χ1v) is 5.54. The first kappa shape index (κ1) is 9.78. The molecule has 1 aromatic rings. The summed E-state index contributed by atoms with van der Waals surface area (Å²) in [6, 6.07) is 4.70. The molecule has 1 N–H and O–H groups in total. The zero-order valence-corrected chi connectivity index (χ0v) is 8.99. The van der Waals surface area contributed by atoms with Gasteiger partial charge in [0.25, 0.3) is 0 Å². The van der Waals surface area contributed by atoms with Crippen molar-refractivity contribution >= 4 is 0 Å². The minimum absolute atomic E-state index is 0.590. The summed E-state index contributed by atoms with van der Waals surface area (Å²) < 4.78 is 5.49. The van der Waals surface area contributed by atoms with Gasteiger partial charge in [0, 0.05) is 12.0 Å². The topological polar surface area (TPSA) is 25.2 Å². The summed E-state index contributed by atoms with van der Waals surface area (Å²) in [5, 5.41) is 3.57. The van der Waals surface area contributed by atoms with E-state index in [1.54, 1.807) is 6.26 Å². The summed E-state index contributed by atoms with van der Waals surface area (Å²) in [5.41, 5.74) is 0. The van der Waals surface area contributed by atoms with Gasteiger partial charge in [-0.15, -0.1) is 0 Å². The van der Waals surface area contributed by atoms with Crippen LogP contribution < -0.4 is 5.32 Å². The number of furan rings is 1. The monoisotopic (exact) mass is 193 g/mol. The van der Waals surface area contributed by atoms with Crippen LogP contribution in [0.4, 0.5) is 0 Å². The summed E-state index contributed by atoms with van der Waals surface area (Å²) in [5.74, 6) is 2.50. The first-order valence-electron chi connectivity index (χ1n) is 5.54. The standard InChI is InChI=1S/C12H19NO/c1-9(2)8-11-10(5-6-13-11)12-4-3-7-14-12/h3-4,7,9-11,13H,5-6,8H2,1-2H3. The van der Waals surface area contributed by atoms with Gasteiger partial charge in [-0.05, 0) is 37.4 Å². The molecule has 1 fully saturated rings. The van der Waals surface area contributed by atoms with E-state index in [4.69, 9.17) is 4.42 Å². The summed E-state index contributed by atoms with van der Waals surface area (Å²) in [6.07, 6.45) is 4.23. The maximum atomic E-state index is 5.49. The van der Waals surface area contributed by atoms with Crippen LogP contribution in [0.25, 0.3) is 0 Å². The average Bonchev–Trinajstić information content (AvgIpc) is 2.70. The third kappa shape index (κ3) is 2.01. The van der Waals surface area contributed by atoms with E-state index < -0.39 is 0 Å². The quantitative estimate of drug-likeness (QED) is 0.798. The van der Waals surface area contributed by atoms with Gasteiger partial charge in [0.1, 0.15) is 5.76 Å². The van der Waals surface area contributed by atoms with E-state index in [-0.39, 0.29) is 0 Å². The largest absolute Gasteiger partial charge is 0.469 e. The van der Waals surface area contributed by atoms with Crippen LogP contribution in [0.3, 0.4) is 0 Å². The summed E-state index contributed by atoms with van der Waals surface area (Å²) >= 11 is 0. The lowest BCUT2D eigenvalue weighted by Crippen LogP contribution is -2.27. The van der Waals surface area contributed by atoms with Crippen molar-refractivity contribution in [1.82, 2.24) is 5.32 Å². The van der Waals surface area contributed by atoms with Gasteiger partial charge in [-0.3, -0.25) is 0 Å². The molecule has 0 amide bonds. The van der Waals surface area contributed by atoms with Gasteiger partial charge in [-0.1, -0.05) is 13.8 Å². The highest BCUT2D eigenvalue weighted by atomic mass is 16.3. The predicted molar refractivity (Wildman–Crippen MR) is 57.3 cm³/mol. The number of nitrogens with one attached hydrogen (secondary N) is 1. The van der Waals surface area contributed by atoms with Crippen LogP contribution in [0, 0.1) is 5.92 Å². The van der Waals surface area contributed by atoms with E-state index >= 15 is 0 Å². The molecule has 1 aromatic heterocycles. The molecule has 78 valence electrons. The SMILES string of the molecule is CC(C)CC1NCCC1c1ccco1. The zero-order valence-electron chi connectivity index (χ0n) is 8.99. The van der Waals surface area contributed by atoms with Gasteiger partial charge in [-0.25, -0.2) is 0 Å². The van der Waals surface area contributed by atoms with E-state index in [2.05, 4.69) is 25.2 Å². The van der Waals surface area contributed by atoms with Crippen molar-refractivity contribution in [2.75, 3.05) is 6.54 Å². The summed E-state index contributed by atoms with van der Waals surface area (Å²) in [7, 11) is 0. The van der Waals surface area contributed by atoms with E-state index in [1.807, 2.05) is 6.07 Å². The molecule has 1 aliphatic rings. The summed E-state index contributed by atoms with van der Waals surface area (Å²) in [4.78, 5) is 0. The Morgan fingerprint density at radius 2 is 2.43 bits per heavy atom. The minimum Gasteiger partial charge on any atom is -0.469 e. The van der Waals surface area contributed by atoms with Gasteiger partial charge >= 0.3 is 0 Å². The van der Waals surface area contributed by atoms with Crippen LogP contribution in [0.15, 0.2) is 22.8 Å². The van der Waals surface area contributed by atoms with Crippen LogP contribution in [-0.2, 0) is 0 Å². The van der Waals surface area contributed by atoms with E-state index in [9.17, 15) is 0 Å². The molecular formula is C12H19NO. The predicted octanol–water partition coefficient (Wildman–Crippen LogP) is 2.77.